The molecule has 4 nitrogen and oxygen atoms in total. The first kappa shape index (κ1) is 11.4. The lowest BCUT2D eigenvalue weighted by molar-refractivity contribution is 0.0697. The van der Waals surface area contributed by atoms with Crippen LogP contribution in [0, 0.1) is 5.82 Å². The SMILES string of the molecule is O=C(O)c1cccc(-c2nc3ccc(F)cc3[nH]2)c1. The summed E-state index contributed by atoms with van der Waals surface area (Å²) in [7, 11) is 0. The van der Waals surface area contributed by atoms with Crippen LogP contribution in [0.3, 0.4) is 0 Å². The molecule has 0 aliphatic rings. The van der Waals surface area contributed by atoms with E-state index in [1.165, 1.54) is 24.3 Å². The fourth-order valence-electron chi connectivity index (χ4n) is 1.92. The molecule has 0 bridgehead atoms. The molecule has 0 saturated heterocycles. The lowest BCUT2D eigenvalue weighted by Crippen LogP contribution is -1.95. The normalized spacial score (nSPS) is 10.8. The highest BCUT2D eigenvalue weighted by atomic mass is 19.1. The van der Waals surface area contributed by atoms with Crippen LogP contribution in [0.2, 0.25) is 0 Å². The van der Waals surface area contributed by atoms with Crippen LogP contribution in [0.4, 0.5) is 4.39 Å². The number of fused-ring (bicyclic) bond motifs is 1. The van der Waals surface area contributed by atoms with Crippen LogP contribution in [-0.4, -0.2) is 21.0 Å². The van der Waals surface area contributed by atoms with Crippen molar-refractivity contribution < 1.29 is 14.3 Å². The highest BCUT2D eigenvalue weighted by Crippen LogP contribution is 2.21. The number of hydrogen-bond donors (Lipinski definition) is 2. The maximum Gasteiger partial charge on any atom is 0.335 e. The Morgan fingerprint density at radius 2 is 2.05 bits per heavy atom. The Morgan fingerprint density at radius 3 is 2.84 bits per heavy atom. The Bertz CT molecular complexity index is 780. The van der Waals surface area contributed by atoms with Gasteiger partial charge in [-0.25, -0.2) is 14.2 Å². The minimum Gasteiger partial charge on any atom is -0.478 e. The number of carboxylic acid groups (broad SMARTS) is 1. The molecule has 0 unspecified atom stereocenters. The van der Waals surface area contributed by atoms with Gasteiger partial charge in [-0.1, -0.05) is 12.1 Å². The lowest BCUT2D eigenvalue weighted by atomic mass is 10.1. The third-order valence-corrected chi connectivity index (χ3v) is 2.83. The van der Waals surface area contributed by atoms with Gasteiger partial charge < -0.3 is 10.1 Å². The number of aromatic nitrogens is 2. The first-order valence-electron chi connectivity index (χ1n) is 5.62. The van der Waals surface area contributed by atoms with Gasteiger partial charge in [0.05, 0.1) is 16.6 Å². The Balaban J connectivity index is 2.13. The Kier molecular flexibility index (Phi) is 2.52. The van der Waals surface area contributed by atoms with Crippen molar-refractivity contribution in [2.24, 2.45) is 0 Å². The van der Waals surface area contributed by atoms with Crippen LogP contribution in [0.25, 0.3) is 22.4 Å². The molecule has 2 aromatic carbocycles. The smallest absolute Gasteiger partial charge is 0.335 e. The maximum atomic E-state index is 13.1. The maximum absolute atomic E-state index is 13.1. The first-order valence-corrected chi connectivity index (χ1v) is 5.62. The molecule has 5 heteroatoms. The molecule has 0 amide bonds. The van der Waals surface area contributed by atoms with E-state index in [-0.39, 0.29) is 11.4 Å². The summed E-state index contributed by atoms with van der Waals surface area (Å²) in [5, 5.41) is 8.95. The fraction of sp³-hybridized carbons (Fsp3) is 0. The monoisotopic (exact) mass is 256 g/mol. The lowest BCUT2D eigenvalue weighted by Gasteiger charge is -1.98. The number of benzene rings is 2. The van der Waals surface area contributed by atoms with E-state index in [0.29, 0.717) is 22.4 Å². The van der Waals surface area contributed by atoms with Gasteiger partial charge >= 0.3 is 5.97 Å². The number of nitrogens with one attached hydrogen (secondary N) is 1. The van der Waals surface area contributed by atoms with Crippen LogP contribution in [0.15, 0.2) is 42.5 Å². The number of carboxylic acids is 1. The number of aromatic carboxylic acids is 1. The molecule has 2 N–H and O–H groups in total. The average Bonchev–Trinajstić information content (AvgIpc) is 2.81. The van der Waals surface area contributed by atoms with Crippen molar-refractivity contribution in [1.29, 1.82) is 0 Å². The molecular formula is C14H9FN2O2. The zero-order chi connectivity index (χ0) is 13.4. The van der Waals surface area contributed by atoms with Crippen LogP contribution in [0.5, 0.6) is 0 Å². The van der Waals surface area contributed by atoms with E-state index in [2.05, 4.69) is 9.97 Å². The van der Waals surface area contributed by atoms with E-state index in [9.17, 15) is 9.18 Å². The molecule has 1 aromatic heterocycles. The van der Waals surface area contributed by atoms with E-state index < -0.39 is 5.97 Å². The van der Waals surface area contributed by atoms with E-state index in [1.807, 2.05) is 0 Å². The van der Waals surface area contributed by atoms with Gasteiger partial charge in [-0.2, -0.15) is 0 Å². The van der Waals surface area contributed by atoms with Crippen molar-refractivity contribution in [1.82, 2.24) is 9.97 Å². The highest BCUT2D eigenvalue weighted by Gasteiger charge is 2.09. The van der Waals surface area contributed by atoms with Gasteiger partial charge in [-0.05, 0) is 30.3 Å². The van der Waals surface area contributed by atoms with E-state index in [4.69, 9.17) is 5.11 Å². The van der Waals surface area contributed by atoms with Crippen molar-refractivity contribution >= 4 is 17.0 Å². The topological polar surface area (TPSA) is 66.0 Å². The molecule has 0 saturated carbocycles. The van der Waals surface area contributed by atoms with Crippen molar-refractivity contribution in [3.63, 3.8) is 0 Å². The van der Waals surface area contributed by atoms with Crippen LogP contribution in [0.1, 0.15) is 10.4 Å². The summed E-state index contributed by atoms with van der Waals surface area (Å²) >= 11 is 0. The quantitative estimate of drug-likeness (QED) is 0.740. The molecule has 0 radical (unpaired) electrons. The summed E-state index contributed by atoms with van der Waals surface area (Å²) in [5.41, 5.74) is 2.05. The molecule has 0 aliphatic carbocycles. The largest absolute Gasteiger partial charge is 0.478 e. The minimum atomic E-state index is -0.996. The van der Waals surface area contributed by atoms with Crippen molar-refractivity contribution in [3.8, 4) is 11.4 Å². The zero-order valence-corrected chi connectivity index (χ0v) is 9.72. The average molecular weight is 256 g/mol. The number of imidazole rings is 1. The standard InChI is InChI=1S/C14H9FN2O2/c15-10-4-5-11-12(7-10)17-13(16-11)8-2-1-3-9(6-8)14(18)19/h1-7H,(H,16,17)(H,18,19). The van der Waals surface area contributed by atoms with Gasteiger partial charge in [0.15, 0.2) is 0 Å². The second-order valence-corrected chi connectivity index (χ2v) is 4.13. The van der Waals surface area contributed by atoms with Gasteiger partial charge in [-0.3, -0.25) is 0 Å². The number of aromatic amines is 1. The number of halogens is 1. The summed E-state index contributed by atoms with van der Waals surface area (Å²) < 4.78 is 13.1. The van der Waals surface area contributed by atoms with E-state index in [0.717, 1.165) is 0 Å². The summed E-state index contributed by atoms with van der Waals surface area (Å²) in [4.78, 5) is 18.2. The Labute approximate surface area is 107 Å². The molecule has 0 atom stereocenters. The molecule has 19 heavy (non-hydrogen) atoms. The minimum absolute atomic E-state index is 0.184. The second-order valence-electron chi connectivity index (χ2n) is 4.13. The molecule has 0 fully saturated rings. The summed E-state index contributed by atoms with van der Waals surface area (Å²) in [6.07, 6.45) is 0. The predicted octanol–water partition coefficient (Wildman–Crippen LogP) is 3.07. The van der Waals surface area contributed by atoms with Crippen molar-refractivity contribution in [2.75, 3.05) is 0 Å². The van der Waals surface area contributed by atoms with Gasteiger partial charge in [0.2, 0.25) is 0 Å². The molecular weight excluding hydrogens is 247 g/mol. The van der Waals surface area contributed by atoms with Gasteiger partial charge in [0, 0.05) is 5.56 Å². The van der Waals surface area contributed by atoms with Gasteiger partial charge in [0.25, 0.3) is 0 Å². The molecule has 1 heterocycles. The van der Waals surface area contributed by atoms with Crippen molar-refractivity contribution in [3.05, 3.63) is 53.8 Å². The zero-order valence-electron chi connectivity index (χ0n) is 9.72. The number of hydrogen-bond acceptors (Lipinski definition) is 2. The van der Waals surface area contributed by atoms with Gasteiger partial charge in [-0.15, -0.1) is 0 Å². The first-order chi connectivity index (χ1) is 9.13. The number of H-pyrrole nitrogens is 1. The third kappa shape index (κ3) is 2.06. The Hall–Kier alpha value is -2.69. The number of carbonyl (C=O) groups is 1. The summed E-state index contributed by atoms with van der Waals surface area (Å²) in [6.45, 7) is 0. The fourth-order valence-corrected chi connectivity index (χ4v) is 1.92. The van der Waals surface area contributed by atoms with E-state index >= 15 is 0 Å². The van der Waals surface area contributed by atoms with E-state index in [1.54, 1.807) is 18.2 Å². The molecule has 94 valence electrons. The van der Waals surface area contributed by atoms with Crippen LogP contribution in [-0.2, 0) is 0 Å². The predicted molar refractivity (Wildman–Crippen MR) is 68.4 cm³/mol. The highest BCUT2D eigenvalue weighted by molar-refractivity contribution is 5.89. The summed E-state index contributed by atoms with van der Waals surface area (Å²) in [5.74, 6) is -0.824. The van der Waals surface area contributed by atoms with Gasteiger partial charge in [0.1, 0.15) is 11.6 Å². The van der Waals surface area contributed by atoms with Crippen molar-refractivity contribution in [2.45, 2.75) is 0 Å². The number of nitrogens with zero attached hydrogens (tertiary/aromatic N) is 1. The third-order valence-electron chi connectivity index (χ3n) is 2.83. The Morgan fingerprint density at radius 1 is 1.21 bits per heavy atom. The molecule has 0 spiro atoms. The molecule has 3 aromatic rings. The second kappa shape index (κ2) is 4.20. The molecule has 0 aliphatic heterocycles. The van der Waals surface area contributed by atoms with Crippen LogP contribution < -0.4 is 0 Å². The summed E-state index contributed by atoms with van der Waals surface area (Å²) in [6, 6.07) is 10.7. The number of rotatable bonds is 2. The molecule has 3 rings (SSSR count). The van der Waals surface area contributed by atoms with Crippen LogP contribution >= 0.6 is 0 Å².